The van der Waals surface area contributed by atoms with Crippen molar-refractivity contribution in [3.05, 3.63) is 35.9 Å². The minimum absolute atomic E-state index is 0.187. The molecular weight excluding hydrogens is 312 g/mol. The molecule has 1 aliphatic rings. The van der Waals surface area contributed by atoms with E-state index in [0.29, 0.717) is 6.42 Å². The van der Waals surface area contributed by atoms with Crippen LogP contribution in [0.1, 0.15) is 18.4 Å². The number of primary amides is 1. The van der Waals surface area contributed by atoms with Crippen LogP contribution < -0.4 is 21.7 Å². The van der Waals surface area contributed by atoms with Gasteiger partial charge in [0.15, 0.2) is 0 Å². The normalized spacial score (nSPS) is 17.7. The van der Waals surface area contributed by atoms with Gasteiger partial charge in [-0.2, -0.15) is 0 Å². The van der Waals surface area contributed by atoms with Gasteiger partial charge in [-0.15, -0.1) is 0 Å². The van der Waals surface area contributed by atoms with Crippen LogP contribution in [0, 0.1) is 0 Å². The molecule has 1 aliphatic heterocycles. The lowest BCUT2D eigenvalue weighted by Gasteiger charge is -2.20. The summed E-state index contributed by atoms with van der Waals surface area (Å²) in [5.41, 5.74) is 5.88. The van der Waals surface area contributed by atoms with Crippen molar-refractivity contribution in [3.63, 3.8) is 0 Å². The van der Waals surface area contributed by atoms with E-state index in [-0.39, 0.29) is 25.3 Å². The molecule has 8 heteroatoms. The molecule has 0 radical (unpaired) electrons. The van der Waals surface area contributed by atoms with Gasteiger partial charge in [-0.05, 0) is 12.0 Å². The van der Waals surface area contributed by atoms with E-state index in [4.69, 9.17) is 5.73 Å². The number of amides is 4. The number of benzene rings is 1. The van der Waals surface area contributed by atoms with E-state index in [1.807, 2.05) is 30.3 Å². The fraction of sp³-hybridized carbons (Fsp3) is 0.375. The third-order valence-corrected chi connectivity index (χ3v) is 3.66. The van der Waals surface area contributed by atoms with Crippen LogP contribution in [0.4, 0.5) is 0 Å². The number of hydrogen-bond donors (Lipinski definition) is 4. The quantitative estimate of drug-likeness (QED) is 0.489. The average Bonchev–Trinajstić information content (AvgIpc) is 2.99. The molecule has 128 valence electrons. The van der Waals surface area contributed by atoms with Crippen LogP contribution in [0.5, 0.6) is 0 Å². The van der Waals surface area contributed by atoms with Crippen LogP contribution >= 0.6 is 0 Å². The van der Waals surface area contributed by atoms with Crippen molar-refractivity contribution in [1.29, 1.82) is 0 Å². The van der Waals surface area contributed by atoms with Crippen molar-refractivity contribution in [1.82, 2.24) is 16.0 Å². The first kappa shape index (κ1) is 17.5. The standard InChI is InChI=1S/C16H20N4O4/c17-13(21)9-18-15(23)12(8-10-4-2-1-3-5-10)20-16(24)11-6-7-14(22)19-11/h1-5,11-12H,6-9H2,(H2,17,21)(H,18,23)(H,19,22)(H,20,24)/t11-,12-/m0/s1. The fourth-order valence-corrected chi connectivity index (χ4v) is 2.44. The summed E-state index contributed by atoms with van der Waals surface area (Å²) in [7, 11) is 0. The Balaban J connectivity index is 2.03. The van der Waals surface area contributed by atoms with Crippen LogP contribution in [-0.4, -0.2) is 42.3 Å². The molecule has 0 unspecified atom stereocenters. The molecule has 1 heterocycles. The molecule has 0 aliphatic carbocycles. The van der Waals surface area contributed by atoms with Crippen LogP contribution in [0.15, 0.2) is 30.3 Å². The molecule has 0 aromatic heterocycles. The van der Waals surface area contributed by atoms with Gasteiger partial charge >= 0.3 is 0 Å². The average molecular weight is 332 g/mol. The Morgan fingerprint density at radius 3 is 2.54 bits per heavy atom. The second-order valence-electron chi connectivity index (χ2n) is 5.59. The molecule has 0 saturated carbocycles. The largest absolute Gasteiger partial charge is 0.368 e. The number of carbonyl (C=O) groups excluding carboxylic acids is 4. The van der Waals surface area contributed by atoms with Crippen LogP contribution in [-0.2, 0) is 25.6 Å². The van der Waals surface area contributed by atoms with E-state index < -0.39 is 29.8 Å². The highest BCUT2D eigenvalue weighted by molar-refractivity contribution is 5.94. The van der Waals surface area contributed by atoms with Gasteiger partial charge in [-0.3, -0.25) is 19.2 Å². The first-order valence-corrected chi connectivity index (χ1v) is 7.65. The molecule has 8 nitrogen and oxygen atoms in total. The molecule has 2 atom stereocenters. The predicted molar refractivity (Wildman–Crippen MR) is 85.4 cm³/mol. The maximum absolute atomic E-state index is 12.2. The number of nitrogens with two attached hydrogens (primary N) is 1. The zero-order valence-corrected chi connectivity index (χ0v) is 13.1. The highest BCUT2D eigenvalue weighted by Crippen LogP contribution is 2.08. The Morgan fingerprint density at radius 2 is 1.96 bits per heavy atom. The van der Waals surface area contributed by atoms with Crippen molar-refractivity contribution in [3.8, 4) is 0 Å². The first-order chi connectivity index (χ1) is 11.5. The fourth-order valence-electron chi connectivity index (χ4n) is 2.44. The van der Waals surface area contributed by atoms with Gasteiger partial charge in [0, 0.05) is 12.8 Å². The van der Waals surface area contributed by atoms with Crippen molar-refractivity contribution < 1.29 is 19.2 Å². The van der Waals surface area contributed by atoms with E-state index in [0.717, 1.165) is 5.56 Å². The lowest BCUT2D eigenvalue weighted by molar-refractivity contribution is -0.131. The number of nitrogens with one attached hydrogen (secondary N) is 3. The molecule has 4 amide bonds. The van der Waals surface area contributed by atoms with Gasteiger partial charge in [-0.25, -0.2) is 0 Å². The monoisotopic (exact) mass is 332 g/mol. The maximum Gasteiger partial charge on any atom is 0.243 e. The van der Waals surface area contributed by atoms with E-state index >= 15 is 0 Å². The van der Waals surface area contributed by atoms with Crippen molar-refractivity contribution in [2.75, 3.05) is 6.54 Å². The second-order valence-corrected chi connectivity index (χ2v) is 5.59. The molecule has 1 saturated heterocycles. The molecule has 24 heavy (non-hydrogen) atoms. The van der Waals surface area contributed by atoms with E-state index in [2.05, 4.69) is 16.0 Å². The van der Waals surface area contributed by atoms with Gasteiger partial charge in [0.25, 0.3) is 0 Å². The summed E-state index contributed by atoms with van der Waals surface area (Å²) in [6.45, 7) is -0.305. The highest BCUT2D eigenvalue weighted by Gasteiger charge is 2.30. The van der Waals surface area contributed by atoms with Crippen molar-refractivity contribution in [2.24, 2.45) is 5.73 Å². The zero-order chi connectivity index (χ0) is 17.5. The highest BCUT2D eigenvalue weighted by atomic mass is 16.2. The van der Waals surface area contributed by atoms with Crippen LogP contribution in [0.3, 0.4) is 0 Å². The van der Waals surface area contributed by atoms with Gasteiger partial charge in [0.2, 0.25) is 23.6 Å². The molecule has 0 bridgehead atoms. The summed E-state index contributed by atoms with van der Waals surface area (Å²) in [6, 6.07) is 7.66. The summed E-state index contributed by atoms with van der Waals surface area (Å²) >= 11 is 0. The van der Waals surface area contributed by atoms with Gasteiger partial charge in [0.1, 0.15) is 12.1 Å². The van der Waals surface area contributed by atoms with Gasteiger partial charge in [0.05, 0.1) is 6.54 Å². The van der Waals surface area contributed by atoms with Crippen LogP contribution in [0.25, 0.3) is 0 Å². The van der Waals surface area contributed by atoms with Gasteiger partial charge < -0.3 is 21.7 Å². The summed E-state index contributed by atoms with van der Waals surface area (Å²) in [5, 5.41) is 7.58. The number of hydrogen-bond acceptors (Lipinski definition) is 4. The third kappa shape index (κ3) is 5.08. The van der Waals surface area contributed by atoms with E-state index in [9.17, 15) is 19.2 Å². The smallest absolute Gasteiger partial charge is 0.243 e. The Bertz CT molecular complexity index is 632. The molecular formula is C16H20N4O4. The topological polar surface area (TPSA) is 130 Å². The van der Waals surface area contributed by atoms with Crippen LogP contribution in [0.2, 0.25) is 0 Å². The molecule has 0 spiro atoms. The summed E-state index contributed by atoms with van der Waals surface area (Å²) in [4.78, 5) is 46.5. The number of rotatable bonds is 7. The SMILES string of the molecule is NC(=O)CNC(=O)[C@H](Cc1ccccc1)NC(=O)[C@@H]1CCC(=O)N1. The van der Waals surface area contributed by atoms with E-state index in [1.54, 1.807) is 0 Å². The predicted octanol–water partition coefficient (Wildman–Crippen LogP) is -1.41. The Labute approximate surface area is 139 Å². The Morgan fingerprint density at radius 1 is 1.25 bits per heavy atom. The third-order valence-electron chi connectivity index (χ3n) is 3.66. The minimum Gasteiger partial charge on any atom is -0.368 e. The molecule has 1 aromatic rings. The Kier molecular flexibility index (Phi) is 5.89. The lowest BCUT2D eigenvalue weighted by Crippen LogP contribution is -2.53. The van der Waals surface area contributed by atoms with Crippen molar-refractivity contribution >= 4 is 23.6 Å². The minimum atomic E-state index is -0.864. The summed E-state index contributed by atoms with van der Waals surface area (Å²) < 4.78 is 0. The van der Waals surface area contributed by atoms with E-state index in [1.165, 1.54) is 0 Å². The zero-order valence-electron chi connectivity index (χ0n) is 13.1. The van der Waals surface area contributed by atoms with Crippen molar-refractivity contribution in [2.45, 2.75) is 31.3 Å². The Hall–Kier alpha value is -2.90. The molecule has 1 fully saturated rings. The molecule has 5 N–H and O–H groups in total. The first-order valence-electron chi connectivity index (χ1n) is 7.65. The lowest BCUT2D eigenvalue weighted by atomic mass is 10.0. The number of carbonyl (C=O) groups is 4. The molecule has 1 aromatic carbocycles. The second kappa shape index (κ2) is 8.09. The maximum atomic E-state index is 12.2. The summed E-state index contributed by atoms with van der Waals surface area (Å²) in [5.74, 6) is -1.78. The molecule has 2 rings (SSSR count). The van der Waals surface area contributed by atoms with Gasteiger partial charge in [-0.1, -0.05) is 30.3 Å². The summed E-state index contributed by atoms with van der Waals surface area (Å²) in [6.07, 6.45) is 0.943.